The van der Waals surface area contributed by atoms with Gasteiger partial charge in [-0.2, -0.15) is 0 Å². The number of piperidine rings is 1. The van der Waals surface area contributed by atoms with Crippen LogP contribution in [-0.4, -0.2) is 72.7 Å². The summed E-state index contributed by atoms with van der Waals surface area (Å²) >= 11 is 0. The van der Waals surface area contributed by atoms with E-state index in [0.29, 0.717) is 38.5 Å². The molecule has 8 heteroatoms. The number of piperazine rings is 1. The van der Waals surface area contributed by atoms with Crippen molar-refractivity contribution in [3.8, 4) is 11.5 Å². The fourth-order valence-corrected chi connectivity index (χ4v) is 6.77. The number of carbonyl (C=O) groups is 2. The predicted molar refractivity (Wildman–Crippen MR) is 134 cm³/mol. The monoisotopic (exact) mass is 611 g/mol. The third-order valence-electron chi connectivity index (χ3n) is 8.85. The lowest BCUT2D eigenvalue weighted by Crippen LogP contribution is -3.00. The van der Waals surface area contributed by atoms with Gasteiger partial charge in [0.25, 0.3) is 0 Å². The number of hydrogen-bond donors (Lipinski definition) is 1. The van der Waals surface area contributed by atoms with Crippen LogP contribution in [0.4, 0.5) is 0 Å². The maximum Gasteiger partial charge on any atom is 0.247 e. The van der Waals surface area contributed by atoms with Crippen molar-refractivity contribution in [2.24, 2.45) is 5.92 Å². The lowest BCUT2D eigenvalue weighted by molar-refractivity contribution is -0.928. The molecule has 7 nitrogen and oxygen atoms in total. The molecule has 1 unspecified atom stereocenters. The van der Waals surface area contributed by atoms with Gasteiger partial charge in [0, 0.05) is 24.9 Å². The van der Waals surface area contributed by atoms with Crippen LogP contribution in [0.5, 0.6) is 11.5 Å². The topological polar surface area (TPSA) is 67.9 Å². The van der Waals surface area contributed by atoms with Gasteiger partial charge in [-0.25, -0.2) is 0 Å². The minimum Gasteiger partial charge on any atom is -1.00 e. The zero-order valence-corrected chi connectivity index (χ0v) is 24.1. The van der Waals surface area contributed by atoms with Crippen LogP contribution in [0, 0.1) is 5.92 Å². The molecule has 1 saturated carbocycles. The second kappa shape index (κ2) is 11.5. The molecule has 0 radical (unpaired) electrons. The van der Waals surface area contributed by atoms with Crippen LogP contribution in [0.2, 0.25) is 0 Å². The third kappa shape index (κ3) is 5.49. The summed E-state index contributed by atoms with van der Waals surface area (Å²) in [6.45, 7) is 6.56. The van der Waals surface area contributed by atoms with Crippen LogP contribution < -0.4 is 38.8 Å². The Balaban J connectivity index is 0.00000304. The molecule has 3 aliphatic heterocycles. The van der Waals surface area contributed by atoms with Crippen molar-refractivity contribution in [1.29, 1.82) is 0 Å². The number of amides is 2. The van der Waals surface area contributed by atoms with E-state index in [4.69, 9.17) is 9.47 Å². The average Bonchev–Trinajstić information content (AvgIpc) is 2.87. The maximum atomic E-state index is 13.7. The Kier molecular flexibility index (Phi) is 8.75. The van der Waals surface area contributed by atoms with Crippen molar-refractivity contribution in [3.05, 3.63) is 23.8 Å². The minimum atomic E-state index is -0.694. The number of quaternary nitrogens is 1. The van der Waals surface area contributed by atoms with Crippen molar-refractivity contribution < 1.29 is 47.5 Å². The highest BCUT2D eigenvalue weighted by Gasteiger charge is 2.55. The molecule has 4 aliphatic rings. The second-order valence-electron chi connectivity index (χ2n) is 11.5. The first-order valence-corrected chi connectivity index (χ1v) is 13.8. The van der Waals surface area contributed by atoms with E-state index in [1.54, 1.807) is 0 Å². The van der Waals surface area contributed by atoms with Crippen LogP contribution in [0.3, 0.4) is 0 Å². The number of nitrogens with one attached hydrogen (secondary N) is 1. The van der Waals surface area contributed by atoms with Gasteiger partial charge in [0.2, 0.25) is 11.8 Å². The highest BCUT2D eigenvalue weighted by Crippen LogP contribution is 2.38. The van der Waals surface area contributed by atoms with Crippen LogP contribution in [-0.2, 0) is 16.1 Å². The number of nitrogens with zero attached hydrogens (tertiary/aromatic N) is 2. The maximum absolute atomic E-state index is 13.7. The first-order valence-electron chi connectivity index (χ1n) is 13.8. The zero-order chi connectivity index (χ0) is 24.5. The van der Waals surface area contributed by atoms with Gasteiger partial charge in [0.05, 0.1) is 20.1 Å². The van der Waals surface area contributed by atoms with Crippen LogP contribution in [0.25, 0.3) is 0 Å². The fourth-order valence-electron chi connectivity index (χ4n) is 6.77. The van der Waals surface area contributed by atoms with Crippen molar-refractivity contribution >= 4 is 11.8 Å². The van der Waals surface area contributed by atoms with Gasteiger partial charge in [-0.1, -0.05) is 39.0 Å². The van der Waals surface area contributed by atoms with Gasteiger partial charge in [0.15, 0.2) is 11.5 Å². The quantitative estimate of drug-likeness (QED) is 0.379. The van der Waals surface area contributed by atoms with Gasteiger partial charge in [-0.3, -0.25) is 9.59 Å². The Labute approximate surface area is 232 Å². The average molecular weight is 612 g/mol. The molecule has 1 spiro atoms. The number of likely N-dealkylation sites (tertiary alicyclic amines) is 1. The summed E-state index contributed by atoms with van der Waals surface area (Å²) in [4.78, 5) is 29.3. The molecule has 200 valence electrons. The Morgan fingerprint density at radius 1 is 1.06 bits per heavy atom. The Morgan fingerprint density at radius 2 is 1.75 bits per heavy atom. The standard InChI is InChI=1S/C28H41N3O4.HI/c1-3-13-30-26(32)23(18-21-7-5-4-6-8-21)29-27(33)28(30)11-14-31(2,15-12-28)20-22-9-10-24-25(19-22)35-17-16-34-24;/h9-10,19,21,23H,3-8,11-18,20H2,1-2H3;1H. The van der Waals surface area contributed by atoms with Crippen molar-refractivity contribution in [3.63, 3.8) is 0 Å². The predicted octanol–water partition coefficient (Wildman–Crippen LogP) is 0.648. The number of benzene rings is 1. The van der Waals surface area contributed by atoms with Crippen LogP contribution in [0.15, 0.2) is 18.2 Å². The van der Waals surface area contributed by atoms with E-state index in [2.05, 4.69) is 31.4 Å². The van der Waals surface area contributed by atoms with Crippen molar-refractivity contribution in [2.75, 3.05) is 39.9 Å². The summed E-state index contributed by atoms with van der Waals surface area (Å²) in [5.41, 5.74) is 0.524. The van der Waals surface area contributed by atoms with Gasteiger partial charge in [-0.15, -0.1) is 0 Å². The summed E-state index contributed by atoms with van der Waals surface area (Å²) in [5.74, 6) is 2.43. The Hall–Kier alpha value is -1.55. The summed E-state index contributed by atoms with van der Waals surface area (Å²) in [6.07, 6.45) is 9.28. The van der Waals surface area contributed by atoms with E-state index in [9.17, 15) is 9.59 Å². The molecule has 1 aliphatic carbocycles. The van der Waals surface area contributed by atoms with Gasteiger partial charge < -0.3 is 48.2 Å². The van der Waals surface area contributed by atoms with Crippen molar-refractivity contribution in [2.45, 2.75) is 82.8 Å². The Morgan fingerprint density at radius 3 is 2.44 bits per heavy atom. The number of hydrogen-bond acceptors (Lipinski definition) is 4. The highest BCUT2D eigenvalue weighted by molar-refractivity contribution is 6.00. The molecule has 2 saturated heterocycles. The zero-order valence-electron chi connectivity index (χ0n) is 21.9. The number of halogens is 1. The largest absolute Gasteiger partial charge is 1.00 e. The van der Waals surface area contributed by atoms with Crippen LogP contribution in [0.1, 0.15) is 70.3 Å². The molecule has 2 amide bonds. The molecule has 1 aromatic rings. The van der Waals surface area contributed by atoms with Crippen LogP contribution >= 0.6 is 0 Å². The first kappa shape index (κ1) is 27.5. The fraction of sp³-hybridized carbons (Fsp3) is 0.714. The van der Waals surface area contributed by atoms with E-state index >= 15 is 0 Å². The molecule has 3 fully saturated rings. The molecule has 0 aromatic heterocycles. The minimum absolute atomic E-state index is 0. The summed E-state index contributed by atoms with van der Waals surface area (Å²) < 4.78 is 12.3. The van der Waals surface area contributed by atoms with Gasteiger partial charge in [-0.05, 0) is 37.0 Å². The second-order valence-corrected chi connectivity index (χ2v) is 11.5. The molecule has 1 atom stereocenters. The van der Waals surface area contributed by atoms with E-state index < -0.39 is 5.54 Å². The number of rotatable bonds is 6. The molecule has 1 aromatic carbocycles. The normalized spacial score (nSPS) is 30.6. The molecular weight excluding hydrogens is 569 g/mol. The van der Waals surface area contributed by atoms with Crippen molar-refractivity contribution in [1.82, 2.24) is 10.2 Å². The first-order chi connectivity index (χ1) is 16.9. The molecule has 0 bridgehead atoms. The third-order valence-corrected chi connectivity index (χ3v) is 8.85. The summed E-state index contributed by atoms with van der Waals surface area (Å²) in [5, 5.41) is 3.21. The summed E-state index contributed by atoms with van der Waals surface area (Å²) in [7, 11) is 2.27. The van der Waals surface area contributed by atoms with E-state index in [-0.39, 0.29) is 41.8 Å². The lowest BCUT2D eigenvalue weighted by atomic mass is 9.78. The highest BCUT2D eigenvalue weighted by atomic mass is 127. The van der Waals surface area contributed by atoms with Gasteiger partial charge >= 0.3 is 0 Å². The van der Waals surface area contributed by atoms with E-state index in [1.807, 2.05) is 11.0 Å². The molecular formula is C28H42IN3O4. The van der Waals surface area contributed by atoms with E-state index in [0.717, 1.165) is 48.5 Å². The molecule has 1 N–H and O–H groups in total. The number of fused-ring (bicyclic) bond motifs is 1. The molecule has 3 heterocycles. The van der Waals surface area contributed by atoms with E-state index in [1.165, 1.54) is 37.7 Å². The summed E-state index contributed by atoms with van der Waals surface area (Å²) in [6, 6.07) is 5.88. The number of carbonyl (C=O) groups excluding carboxylic acids is 2. The smallest absolute Gasteiger partial charge is 0.247 e. The SMILES string of the molecule is CCCN1C(=O)C(CC2CCCCC2)NC(=O)C12CC[N+](C)(Cc1ccc3c(c1)OCCO3)CC2.[I-]. The molecule has 36 heavy (non-hydrogen) atoms. The van der Waals surface area contributed by atoms with Gasteiger partial charge in [0.1, 0.15) is 31.3 Å². The number of ether oxygens (including phenoxy) is 2. The lowest BCUT2D eigenvalue weighted by Gasteiger charge is -2.53. The molecule has 5 rings (SSSR count). The Bertz CT molecular complexity index is 941.